The van der Waals surface area contributed by atoms with Gasteiger partial charge < -0.3 is 5.73 Å². The van der Waals surface area contributed by atoms with Gasteiger partial charge in [-0.05, 0) is 6.07 Å². The second kappa shape index (κ2) is 2.70. The quantitative estimate of drug-likeness (QED) is 0.754. The third-order valence-electron chi connectivity index (χ3n) is 2.46. The standard InChI is InChI=1S/C9H9F3N2/c10-7-3-14-2-1-6(7)8(13)4-9(11,12)5-8/h1-3H,4-5,13H2. The molecule has 2 nitrogen and oxygen atoms in total. The van der Waals surface area contributed by atoms with E-state index in [1.54, 1.807) is 0 Å². The van der Waals surface area contributed by atoms with Crippen molar-refractivity contribution in [2.75, 3.05) is 0 Å². The first-order valence-electron chi connectivity index (χ1n) is 4.20. The van der Waals surface area contributed by atoms with Crippen LogP contribution in [0.4, 0.5) is 13.2 Å². The van der Waals surface area contributed by atoms with Gasteiger partial charge in [-0.3, -0.25) is 4.98 Å². The Bertz CT molecular complexity index is 357. The Morgan fingerprint density at radius 2 is 2.00 bits per heavy atom. The minimum Gasteiger partial charge on any atom is -0.321 e. The summed E-state index contributed by atoms with van der Waals surface area (Å²) in [5.74, 6) is -3.38. The number of aromatic nitrogens is 1. The van der Waals surface area contributed by atoms with Gasteiger partial charge in [0.15, 0.2) is 0 Å². The van der Waals surface area contributed by atoms with Gasteiger partial charge in [-0.2, -0.15) is 0 Å². The van der Waals surface area contributed by atoms with Crippen LogP contribution in [-0.4, -0.2) is 10.9 Å². The zero-order valence-corrected chi connectivity index (χ0v) is 7.30. The van der Waals surface area contributed by atoms with E-state index in [-0.39, 0.29) is 5.56 Å². The Morgan fingerprint density at radius 3 is 2.50 bits per heavy atom. The van der Waals surface area contributed by atoms with Crippen LogP contribution in [0.3, 0.4) is 0 Å². The largest absolute Gasteiger partial charge is 0.321 e. The highest BCUT2D eigenvalue weighted by Gasteiger charge is 2.56. The van der Waals surface area contributed by atoms with Crippen LogP contribution in [0.5, 0.6) is 0 Å². The number of alkyl halides is 2. The van der Waals surface area contributed by atoms with E-state index in [0.717, 1.165) is 6.20 Å². The SMILES string of the molecule is NC1(c2ccncc2F)CC(F)(F)C1. The van der Waals surface area contributed by atoms with E-state index >= 15 is 0 Å². The minimum absolute atomic E-state index is 0.124. The summed E-state index contributed by atoms with van der Waals surface area (Å²) in [6.45, 7) is 0. The Morgan fingerprint density at radius 1 is 1.36 bits per heavy atom. The molecule has 2 rings (SSSR count). The highest BCUT2D eigenvalue weighted by molar-refractivity contribution is 5.28. The molecule has 1 saturated carbocycles. The third-order valence-corrected chi connectivity index (χ3v) is 2.46. The Kier molecular flexibility index (Phi) is 1.82. The van der Waals surface area contributed by atoms with Crippen LogP contribution >= 0.6 is 0 Å². The Hall–Kier alpha value is -1.10. The van der Waals surface area contributed by atoms with E-state index in [9.17, 15) is 13.2 Å². The fourth-order valence-electron chi connectivity index (χ4n) is 1.84. The van der Waals surface area contributed by atoms with Crippen molar-refractivity contribution in [2.45, 2.75) is 24.3 Å². The van der Waals surface area contributed by atoms with Crippen LogP contribution in [0, 0.1) is 5.82 Å². The molecule has 1 heterocycles. The molecular weight excluding hydrogens is 193 g/mol. The lowest BCUT2D eigenvalue weighted by molar-refractivity contribution is -0.125. The van der Waals surface area contributed by atoms with Gasteiger partial charge in [-0.25, -0.2) is 13.2 Å². The molecule has 1 aliphatic rings. The molecule has 1 aromatic rings. The molecule has 14 heavy (non-hydrogen) atoms. The van der Waals surface area contributed by atoms with Gasteiger partial charge in [0.1, 0.15) is 5.82 Å². The number of rotatable bonds is 1. The number of hydrogen-bond donors (Lipinski definition) is 1. The summed E-state index contributed by atoms with van der Waals surface area (Å²) in [5.41, 5.74) is 4.55. The van der Waals surface area contributed by atoms with Crippen molar-refractivity contribution < 1.29 is 13.2 Å². The van der Waals surface area contributed by atoms with Gasteiger partial charge in [0.2, 0.25) is 0 Å². The molecule has 0 saturated heterocycles. The summed E-state index contributed by atoms with van der Waals surface area (Å²) in [7, 11) is 0. The van der Waals surface area contributed by atoms with Crippen molar-refractivity contribution in [3.05, 3.63) is 29.8 Å². The molecule has 0 aliphatic heterocycles. The summed E-state index contributed by atoms with van der Waals surface area (Å²) in [6, 6.07) is 1.35. The Labute approximate surface area is 78.9 Å². The van der Waals surface area contributed by atoms with E-state index < -0.39 is 30.1 Å². The maximum Gasteiger partial charge on any atom is 0.252 e. The number of hydrogen-bond acceptors (Lipinski definition) is 2. The molecular formula is C9H9F3N2. The Balaban J connectivity index is 2.30. The van der Waals surface area contributed by atoms with Gasteiger partial charge in [-0.15, -0.1) is 0 Å². The van der Waals surface area contributed by atoms with Gasteiger partial charge in [-0.1, -0.05) is 0 Å². The van der Waals surface area contributed by atoms with Gasteiger partial charge in [0.25, 0.3) is 5.92 Å². The molecule has 5 heteroatoms. The van der Waals surface area contributed by atoms with Crippen LogP contribution in [0.2, 0.25) is 0 Å². The normalized spacial score (nSPS) is 22.9. The van der Waals surface area contributed by atoms with Crippen molar-refractivity contribution in [3.8, 4) is 0 Å². The molecule has 0 bridgehead atoms. The maximum absolute atomic E-state index is 13.2. The van der Waals surface area contributed by atoms with E-state index in [4.69, 9.17) is 5.73 Å². The van der Waals surface area contributed by atoms with Crippen LogP contribution in [0.15, 0.2) is 18.5 Å². The first-order chi connectivity index (χ1) is 6.43. The molecule has 0 atom stereocenters. The smallest absolute Gasteiger partial charge is 0.252 e. The summed E-state index contributed by atoms with van der Waals surface area (Å²) in [5, 5.41) is 0. The third kappa shape index (κ3) is 1.37. The molecule has 0 aromatic carbocycles. The fraction of sp³-hybridized carbons (Fsp3) is 0.444. The molecule has 1 aliphatic carbocycles. The minimum atomic E-state index is -2.76. The van der Waals surface area contributed by atoms with Gasteiger partial charge in [0.05, 0.1) is 11.7 Å². The number of nitrogens with two attached hydrogens (primary N) is 1. The van der Waals surface area contributed by atoms with Crippen molar-refractivity contribution in [1.29, 1.82) is 0 Å². The average molecular weight is 202 g/mol. The van der Waals surface area contributed by atoms with E-state index in [1.165, 1.54) is 12.3 Å². The first kappa shape index (κ1) is 9.45. The van der Waals surface area contributed by atoms with Crippen molar-refractivity contribution in [1.82, 2.24) is 4.98 Å². The second-order valence-electron chi connectivity index (χ2n) is 3.72. The topological polar surface area (TPSA) is 38.9 Å². The van der Waals surface area contributed by atoms with Crippen LogP contribution in [0.25, 0.3) is 0 Å². The molecule has 2 N–H and O–H groups in total. The summed E-state index contributed by atoms with van der Waals surface area (Å²) in [4.78, 5) is 3.54. The zero-order valence-electron chi connectivity index (χ0n) is 7.30. The average Bonchev–Trinajstić information content (AvgIpc) is 2.00. The van der Waals surface area contributed by atoms with Crippen LogP contribution in [-0.2, 0) is 5.54 Å². The van der Waals surface area contributed by atoms with Crippen LogP contribution < -0.4 is 5.73 Å². The molecule has 0 amide bonds. The lowest BCUT2D eigenvalue weighted by Crippen LogP contribution is -2.55. The number of halogens is 3. The molecule has 1 aromatic heterocycles. The lowest BCUT2D eigenvalue weighted by Gasteiger charge is -2.44. The predicted molar refractivity (Wildman–Crippen MR) is 44.2 cm³/mol. The van der Waals surface area contributed by atoms with Crippen molar-refractivity contribution >= 4 is 0 Å². The van der Waals surface area contributed by atoms with Gasteiger partial charge in [0, 0.05) is 24.6 Å². The van der Waals surface area contributed by atoms with Crippen molar-refractivity contribution in [2.24, 2.45) is 5.73 Å². The summed E-state index contributed by atoms with van der Waals surface area (Å²) >= 11 is 0. The second-order valence-corrected chi connectivity index (χ2v) is 3.72. The van der Waals surface area contributed by atoms with Crippen LogP contribution in [0.1, 0.15) is 18.4 Å². The highest BCUT2D eigenvalue weighted by Crippen LogP contribution is 2.50. The molecule has 1 fully saturated rings. The summed E-state index contributed by atoms with van der Waals surface area (Å²) in [6.07, 6.45) is 1.34. The highest BCUT2D eigenvalue weighted by atomic mass is 19.3. The van der Waals surface area contributed by atoms with E-state index in [2.05, 4.69) is 4.98 Å². The number of nitrogens with zero attached hydrogens (tertiary/aromatic N) is 1. The van der Waals surface area contributed by atoms with Crippen molar-refractivity contribution in [3.63, 3.8) is 0 Å². The zero-order chi connectivity index (χ0) is 10.4. The monoisotopic (exact) mass is 202 g/mol. The number of pyridine rings is 1. The molecule has 0 unspecified atom stereocenters. The van der Waals surface area contributed by atoms with E-state index in [0.29, 0.717) is 0 Å². The summed E-state index contributed by atoms with van der Waals surface area (Å²) < 4.78 is 38.4. The van der Waals surface area contributed by atoms with E-state index in [1.807, 2.05) is 0 Å². The van der Waals surface area contributed by atoms with Gasteiger partial charge >= 0.3 is 0 Å². The fourth-order valence-corrected chi connectivity index (χ4v) is 1.84. The lowest BCUT2D eigenvalue weighted by atomic mass is 9.70. The molecule has 0 radical (unpaired) electrons. The molecule has 76 valence electrons. The molecule has 0 spiro atoms. The first-order valence-corrected chi connectivity index (χ1v) is 4.20. The maximum atomic E-state index is 13.2. The predicted octanol–water partition coefficient (Wildman–Crippen LogP) is 1.80.